The van der Waals surface area contributed by atoms with Crippen molar-refractivity contribution in [2.75, 3.05) is 33.2 Å². The molecule has 2 heteroatoms. The highest BCUT2D eigenvalue weighted by Crippen LogP contribution is 2.25. The van der Waals surface area contributed by atoms with Gasteiger partial charge in [0, 0.05) is 19.1 Å². The molecule has 0 saturated carbocycles. The fourth-order valence-corrected chi connectivity index (χ4v) is 4.13. The van der Waals surface area contributed by atoms with E-state index in [1.54, 1.807) is 0 Å². The van der Waals surface area contributed by atoms with E-state index in [-0.39, 0.29) is 0 Å². The van der Waals surface area contributed by atoms with Gasteiger partial charge < -0.3 is 9.80 Å². The van der Waals surface area contributed by atoms with Gasteiger partial charge in [0.05, 0.1) is 0 Å². The van der Waals surface area contributed by atoms with Gasteiger partial charge in [0.25, 0.3) is 0 Å². The lowest BCUT2D eigenvalue weighted by Gasteiger charge is -2.33. The molecule has 2 fully saturated rings. The molecule has 2 aliphatic heterocycles. The number of nitrogens with zero attached hydrogens (tertiary/aromatic N) is 2. The lowest BCUT2D eigenvalue weighted by Crippen LogP contribution is -2.43. The molecule has 0 N–H and O–H groups in total. The second-order valence-electron chi connectivity index (χ2n) is 7.61. The van der Waals surface area contributed by atoms with Gasteiger partial charge >= 0.3 is 0 Å². The molecule has 0 radical (unpaired) electrons. The van der Waals surface area contributed by atoms with Crippen molar-refractivity contribution in [1.29, 1.82) is 0 Å². The SMILES string of the molecule is CC1CCN(CC2CC(C)CCCN2C)CC(C)C1. The average molecular weight is 266 g/mol. The Morgan fingerprint density at radius 2 is 1.63 bits per heavy atom. The molecular weight excluding hydrogens is 232 g/mol. The van der Waals surface area contributed by atoms with Crippen LogP contribution in [0.25, 0.3) is 0 Å². The summed E-state index contributed by atoms with van der Waals surface area (Å²) in [6.45, 7) is 12.6. The fraction of sp³-hybridized carbons (Fsp3) is 1.00. The van der Waals surface area contributed by atoms with Crippen LogP contribution in [0.2, 0.25) is 0 Å². The Labute approximate surface area is 120 Å². The Morgan fingerprint density at radius 1 is 0.895 bits per heavy atom. The highest BCUT2D eigenvalue weighted by Gasteiger charge is 2.26. The minimum absolute atomic E-state index is 0.790. The molecule has 4 unspecified atom stereocenters. The van der Waals surface area contributed by atoms with Gasteiger partial charge in [-0.3, -0.25) is 0 Å². The zero-order valence-corrected chi connectivity index (χ0v) is 13.6. The summed E-state index contributed by atoms with van der Waals surface area (Å²) in [5, 5.41) is 0. The van der Waals surface area contributed by atoms with Crippen molar-refractivity contribution in [3.05, 3.63) is 0 Å². The molecular formula is C17H34N2. The summed E-state index contributed by atoms with van der Waals surface area (Å²) in [4.78, 5) is 5.38. The average Bonchev–Trinajstić information content (AvgIpc) is 2.58. The predicted molar refractivity (Wildman–Crippen MR) is 83.4 cm³/mol. The van der Waals surface area contributed by atoms with Gasteiger partial charge in [-0.15, -0.1) is 0 Å². The van der Waals surface area contributed by atoms with Crippen molar-refractivity contribution in [3.63, 3.8) is 0 Å². The largest absolute Gasteiger partial charge is 0.302 e. The van der Waals surface area contributed by atoms with E-state index < -0.39 is 0 Å². The van der Waals surface area contributed by atoms with Crippen LogP contribution < -0.4 is 0 Å². The Bertz CT molecular complexity index is 266. The van der Waals surface area contributed by atoms with Crippen molar-refractivity contribution < 1.29 is 0 Å². The molecule has 0 aromatic heterocycles. The monoisotopic (exact) mass is 266 g/mol. The van der Waals surface area contributed by atoms with Crippen LogP contribution >= 0.6 is 0 Å². The maximum atomic E-state index is 2.76. The number of rotatable bonds is 2. The van der Waals surface area contributed by atoms with E-state index in [0.29, 0.717) is 0 Å². The first-order valence-corrected chi connectivity index (χ1v) is 8.47. The van der Waals surface area contributed by atoms with Crippen LogP contribution in [-0.2, 0) is 0 Å². The third-order valence-corrected chi connectivity index (χ3v) is 5.29. The van der Waals surface area contributed by atoms with Crippen LogP contribution in [0, 0.1) is 17.8 Å². The van der Waals surface area contributed by atoms with Gasteiger partial charge in [-0.25, -0.2) is 0 Å². The summed E-state index contributed by atoms with van der Waals surface area (Å²) in [7, 11) is 2.34. The molecule has 2 nitrogen and oxygen atoms in total. The zero-order valence-electron chi connectivity index (χ0n) is 13.6. The highest BCUT2D eigenvalue weighted by molar-refractivity contribution is 4.81. The molecule has 0 spiro atoms. The lowest BCUT2D eigenvalue weighted by atomic mass is 9.97. The maximum Gasteiger partial charge on any atom is 0.0222 e. The van der Waals surface area contributed by atoms with E-state index in [2.05, 4.69) is 37.6 Å². The maximum absolute atomic E-state index is 2.76. The second kappa shape index (κ2) is 7.08. The molecule has 2 saturated heterocycles. The first-order chi connectivity index (χ1) is 9.04. The van der Waals surface area contributed by atoms with E-state index in [0.717, 1.165) is 23.8 Å². The van der Waals surface area contributed by atoms with Gasteiger partial charge in [0.15, 0.2) is 0 Å². The third-order valence-electron chi connectivity index (χ3n) is 5.29. The van der Waals surface area contributed by atoms with Crippen LogP contribution in [0.3, 0.4) is 0 Å². The minimum atomic E-state index is 0.790. The first-order valence-electron chi connectivity index (χ1n) is 8.47. The molecule has 2 rings (SSSR count). The number of likely N-dealkylation sites (N-methyl/N-ethyl adjacent to an activating group) is 1. The van der Waals surface area contributed by atoms with Crippen LogP contribution in [0.4, 0.5) is 0 Å². The van der Waals surface area contributed by atoms with Gasteiger partial charge in [0.1, 0.15) is 0 Å². The van der Waals surface area contributed by atoms with Crippen molar-refractivity contribution in [2.45, 2.75) is 58.9 Å². The van der Waals surface area contributed by atoms with Gasteiger partial charge in [-0.05, 0) is 70.0 Å². The quantitative estimate of drug-likeness (QED) is 0.755. The standard InChI is InChI=1S/C17H34N2/c1-14-6-5-8-18(4)17(11-14)13-19-9-7-15(2)10-16(3)12-19/h14-17H,5-13H2,1-4H3. The van der Waals surface area contributed by atoms with Crippen LogP contribution in [0.1, 0.15) is 52.9 Å². The van der Waals surface area contributed by atoms with Crippen molar-refractivity contribution in [2.24, 2.45) is 17.8 Å². The predicted octanol–water partition coefficient (Wildman–Crippen LogP) is 3.47. The van der Waals surface area contributed by atoms with Gasteiger partial charge in [0.2, 0.25) is 0 Å². The summed E-state index contributed by atoms with van der Waals surface area (Å²) in [5.41, 5.74) is 0. The van der Waals surface area contributed by atoms with E-state index in [4.69, 9.17) is 0 Å². The Morgan fingerprint density at radius 3 is 2.42 bits per heavy atom. The number of likely N-dealkylation sites (tertiary alicyclic amines) is 2. The summed E-state index contributed by atoms with van der Waals surface area (Å²) < 4.78 is 0. The van der Waals surface area contributed by atoms with Crippen LogP contribution in [-0.4, -0.2) is 49.1 Å². The summed E-state index contributed by atoms with van der Waals surface area (Å²) in [5.74, 6) is 2.72. The molecule has 0 amide bonds. The van der Waals surface area contributed by atoms with Crippen LogP contribution in [0.5, 0.6) is 0 Å². The fourth-order valence-electron chi connectivity index (χ4n) is 4.13. The van der Waals surface area contributed by atoms with Crippen LogP contribution in [0.15, 0.2) is 0 Å². The molecule has 4 atom stereocenters. The Hall–Kier alpha value is -0.0800. The number of hydrogen-bond donors (Lipinski definition) is 0. The molecule has 19 heavy (non-hydrogen) atoms. The number of hydrogen-bond acceptors (Lipinski definition) is 2. The van der Waals surface area contributed by atoms with Gasteiger partial charge in [-0.2, -0.15) is 0 Å². The van der Waals surface area contributed by atoms with Crippen molar-refractivity contribution in [3.8, 4) is 0 Å². The second-order valence-corrected chi connectivity index (χ2v) is 7.61. The molecule has 2 aliphatic rings. The molecule has 0 aromatic carbocycles. The Kier molecular flexibility index (Phi) is 5.70. The summed E-state index contributed by atoms with van der Waals surface area (Å²) in [6.07, 6.45) is 7.04. The van der Waals surface area contributed by atoms with E-state index in [1.807, 2.05) is 0 Å². The van der Waals surface area contributed by atoms with Crippen molar-refractivity contribution >= 4 is 0 Å². The minimum Gasteiger partial charge on any atom is -0.302 e. The summed E-state index contributed by atoms with van der Waals surface area (Å²) in [6, 6.07) is 0.790. The topological polar surface area (TPSA) is 6.48 Å². The Balaban J connectivity index is 1.90. The lowest BCUT2D eigenvalue weighted by molar-refractivity contribution is 0.151. The van der Waals surface area contributed by atoms with Gasteiger partial charge in [-0.1, -0.05) is 20.8 Å². The van der Waals surface area contributed by atoms with E-state index in [1.165, 1.54) is 58.3 Å². The molecule has 2 heterocycles. The molecule has 0 aromatic rings. The highest BCUT2D eigenvalue weighted by atomic mass is 15.2. The molecule has 112 valence electrons. The smallest absolute Gasteiger partial charge is 0.0222 e. The molecule has 0 bridgehead atoms. The summed E-state index contributed by atoms with van der Waals surface area (Å²) >= 11 is 0. The molecule has 0 aliphatic carbocycles. The third kappa shape index (κ3) is 4.75. The van der Waals surface area contributed by atoms with Crippen molar-refractivity contribution in [1.82, 2.24) is 9.80 Å². The first kappa shape index (κ1) is 15.3. The van der Waals surface area contributed by atoms with E-state index >= 15 is 0 Å². The van der Waals surface area contributed by atoms with E-state index in [9.17, 15) is 0 Å². The normalized spacial score (nSPS) is 39.8. The zero-order chi connectivity index (χ0) is 13.8.